The van der Waals surface area contributed by atoms with Gasteiger partial charge in [-0.05, 0) is 142 Å². The van der Waals surface area contributed by atoms with Crippen molar-refractivity contribution in [2.75, 3.05) is 0 Å². The molecule has 0 saturated carbocycles. The molecule has 0 aliphatic heterocycles. The molecule has 0 heteroatoms. The first-order chi connectivity index (χ1) is 26.7. The van der Waals surface area contributed by atoms with E-state index in [0.717, 1.165) is 0 Å². The summed E-state index contributed by atoms with van der Waals surface area (Å²) < 4.78 is 0. The largest absolute Gasteiger partial charge is 0.0870 e. The fraction of sp³-hybridized carbons (Fsp3) is 0.0370. The van der Waals surface area contributed by atoms with Gasteiger partial charge in [0.25, 0.3) is 0 Å². The summed E-state index contributed by atoms with van der Waals surface area (Å²) in [6, 6.07) is 67.6. The molecule has 0 aliphatic carbocycles. The van der Waals surface area contributed by atoms with Crippen molar-refractivity contribution >= 4 is 59.9 Å². The molecule has 0 aromatic heterocycles. The van der Waals surface area contributed by atoms with Crippen LogP contribution in [0.25, 0.3) is 104 Å². The summed E-state index contributed by atoms with van der Waals surface area (Å²) in [5, 5.41) is 12.6. The Hall–Kier alpha value is -6.76. The van der Waals surface area contributed by atoms with Gasteiger partial charge >= 0.3 is 0 Å². The molecule has 0 unspecified atom stereocenters. The van der Waals surface area contributed by atoms with Crippen LogP contribution in [0.4, 0.5) is 0 Å². The number of allylic oxidation sites excluding steroid dienone is 1. The zero-order chi connectivity index (χ0) is 36.2. The summed E-state index contributed by atoms with van der Waals surface area (Å²) in [5.74, 6) is 0. The Morgan fingerprint density at radius 2 is 0.833 bits per heavy atom. The van der Waals surface area contributed by atoms with Gasteiger partial charge in [-0.15, -0.1) is 0 Å². The molecule has 54 heavy (non-hydrogen) atoms. The highest BCUT2D eigenvalue weighted by molar-refractivity contribution is 6.23. The maximum atomic E-state index is 2.45. The molecular formula is C54H38. The third-order valence-corrected chi connectivity index (χ3v) is 11.3. The molecule has 0 nitrogen and oxygen atoms in total. The summed E-state index contributed by atoms with van der Waals surface area (Å²) in [7, 11) is 0. The Balaban J connectivity index is 1.28. The van der Waals surface area contributed by atoms with Crippen LogP contribution in [-0.2, 0) is 0 Å². The highest BCUT2D eigenvalue weighted by Gasteiger charge is 2.19. The zero-order valence-corrected chi connectivity index (χ0v) is 30.5. The number of fused-ring (bicyclic) bond motifs is 5. The van der Waals surface area contributed by atoms with Crippen molar-refractivity contribution in [1.82, 2.24) is 0 Å². The van der Waals surface area contributed by atoms with Gasteiger partial charge in [-0.3, -0.25) is 0 Å². The Morgan fingerprint density at radius 3 is 1.46 bits per heavy atom. The molecule has 10 rings (SSSR count). The van der Waals surface area contributed by atoms with Crippen LogP contribution >= 0.6 is 0 Å². The number of aryl methyl sites for hydroxylation is 1. The molecule has 10 aromatic rings. The highest BCUT2D eigenvalue weighted by Crippen LogP contribution is 2.47. The Bertz CT molecular complexity index is 3120. The van der Waals surface area contributed by atoms with E-state index in [4.69, 9.17) is 0 Å². The highest BCUT2D eigenvalue weighted by atomic mass is 14.2. The maximum absolute atomic E-state index is 2.45. The summed E-state index contributed by atoms with van der Waals surface area (Å²) in [4.78, 5) is 0. The van der Waals surface area contributed by atoms with Gasteiger partial charge in [-0.2, -0.15) is 0 Å². The van der Waals surface area contributed by atoms with Crippen LogP contribution in [0.5, 0.6) is 0 Å². The number of hydrogen-bond acceptors (Lipinski definition) is 0. The standard InChI is InChI=1S/C54H38/c1-3-13-43-35(2)14-12-23-45(43)48-31-30-44(46-19-8-9-20-47(46)48)40-28-29-51-52(34-40)54(42-27-25-37-16-5-7-18-39(37)33-42)50-22-11-10-21-49(50)53(51)41-26-24-36-15-4-6-17-38(36)32-41/h3-34H,1-2H3/b13-3-. The molecule has 0 fully saturated rings. The number of hydrogen-bond donors (Lipinski definition) is 0. The lowest BCUT2D eigenvalue weighted by atomic mass is 9.83. The average Bonchev–Trinajstić information content (AvgIpc) is 3.22. The van der Waals surface area contributed by atoms with Gasteiger partial charge in [-0.25, -0.2) is 0 Å². The first-order valence-corrected chi connectivity index (χ1v) is 18.9. The molecule has 0 saturated heterocycles. The third-order valence-electron chi connectivity index (χ3n) is 11.3. The van der Waals surface area contributed by atoms with E-state index in [-0.39, 0.29) is 0 Å². The monoisotopic (exact) mass is 686 g/mol. The lowest BCUT2D eigenvalue weighted by Crippen LogP contribution is -1.93. The van der Waals surface area contributed by atoms with E-state index in [2.05, 4.69) is 208 Å². The van der Waals surface area contributed by atoms with Crippen molar-refractivity contribution in [3.05, 3.63) is 199 Å². The van der Waals surface area contributed by atoms with E-state index < -0.39 is 0 Å². The van der Waals surface area contributed by atoms with E-state index >= 15 is 0 Å². The third kappa shape index (κ3) is 5.22. The maximum Gasteiger partial charge on any atom is -0.00259 e. The van der Waals surface area contributed by atoms with Crippen LogP contribution in [0.3, 0.4) is 0 Å². The molecule has 0 atom stereocenters. The van der Waals surface area contributed by atoms with Crippen molar-refractivity contribution in [3.8, 4) is 44.5 Å². The minimum atomic E-state index is 1.21. The van der Waals surface area contributed by atoms with Crippen molar-refractivity contribution in [3.63, 3.8) is 0 Å². The molecular weight excluding hydrogens is 649 g/mol. The second kappa shape index (κ2) is 13.0. The summed E-state index contributed by atoms with van der Waals surface area (Å²) in [6.45, 7) is 4.30. The molecule has 0 amide bonds. The normalized spacial score (nSPS) is 11.8. The van der Waals surface area contributed by atoms with Gasteiger partial charge < -0.3 is 0 Å². The number of benzene rings is 10. The fourth-order valence-electron chi connectivity index (χ4n) is 8.75. The summed E-state index contributed by atoms with van der Waals surface area (Å²) >= 11 is 0. The average molecular weight is 687 g/mol. The molecule has 0 N–H and O–H groups in total. The van der Waals surface area contributed by atoms with Crippen LogP contribution in [0.2, 0.25) is 0 Å². The van der Waals surface area contributed by atoms with Crippen molar-refractivity contribution < 1.29 is 0 Å². The van der Waals surface area contributed by atoms with E-state index in [1.807, 2.05) is 0 Å². The van der Waals surface area contributed by atoms with Crippen molar-refractivity contribution in [1.29, 1.82) is 0 Å². The lowest BCUT2D eigenvalue weighted by Gasteiger charge is -2.20. The van der Waals surface area contributed by atoms with E-state index in [9.17, 15) is 0 Å². The summed E-state index contributed by atoms with van der Waals surface area (Å²) in [5.41, 5.74) is 12.5. The van der Waals surface area contributed by atoms with Gasteiger partial charge in [0.1, 0.15) is 0 Å². The van der Waals surface area contributed by atoms with E-state index in [0.29, 0.717) is 0 Å². The van der Waals surface area contributed by atoms with E-state index in [1.54, 1.807) is 0 Å². The van der Waals surface area contributed by atoms with E-state index in [1.165, 1.54) is 109 Å². The molecule has 0 aliphatic rings. The Labute approximate surface area is 316 Å². The topological polar surface area (TPSA) is 0 Å². The Morgan fingerprint density at radius 1 is 0.333 bits per heavy atom. The van der Waals surface area contributed by atoms with Crippen LogP contribution in [0.15, 0.2) is 188 Å². The predicted octanol–water partition coefficient (Wildman–Crippen LogP) is 15.5. The Kier molecular flexibility index (Phi) is 7.70. The molecule has 0 bridgehead atoms. The first-order valence-electron chi connectivity index (χ1n) is 18.9. The van der Waals surface area contributed by atoms with Gasteiger partial charge in [-0.1, -0.05) is 176 Å². The second-order valence-electron chi connectivity index (χ2n) is 14.4. The molecule has 10 aromatic carbocycles. The molecule has 254 valence electrons. The predicted molar refractivity (Wildman–Crippen MR) is 235 cm³/mol. The molecule has 0 radical (unpaired) electrons. The van der Waals surface area contributed by atoms with Crippen LogP contribution in [-0.4, -0.2) is 0 Å². The summed E-state index contributed by atoms with van der Waals surface area (Å²) in [6.07, 6.45) is 4.38. The minimum Gasteiger partial charge on any atom is -0.0870 e. The van der Waals surface area contributed by atoms with Gasteiger partial charge in [0, 0.05) is 0 Å². The van der Waals surface area contributed by atoms with Gasteiger partial charge in [0.2, 0.25) is 0 Å². The van der Waals surface area contributed by atoms with Crippen molar-refractivity contribution in [2.24, 2.45) is 0 Å². The minimum absolute atomic E-state index is 1.21. The SMILES string of the molecule is C/C=C\c1c(C)cccc1-c1ccc(-c2ccc3c(-c4ccc5ccccc5c4)c4ccccc4c(-c4ccc5ccccc5c4)c3c2)c2ccccc12. The van der Waals surface area contributed by atoms with Gasteiger partial charge in [0.05, 0.1) is 0 Å². The van der Waals surface area contributed by atoms with Crippen LogP contribution in [0.1, 0.15) is 18.1 Å². The fourth-order valence-corrected chi connectivity index (χ4v) is 8.75. The quantitative estimate of drug-likeness (QED) is 0.158. The van der Waals surface area contributed by atoms with Gasteiger partial charge in [0.15, 0.2) is 0 Å². The molecule has 0 spiro atoms. The molecule has 0 heterocycles. The first kappa shape index (κ1) is 31.9. The smallest absolute Gasteiger partial charge is 0.00259 e. The van der Waals surface area contributed by atoms with Crippen LogP contribution < -0.4 is 0 Å². The van der Waals surface area contributed by atoms with Crippen molar-refractivity contribution in [2.45, 2.75) is 13.8 Å². The van der Waals surface area contributed by atoms with Crippen LogP contribution in [0, 0.1) is 6.92 Å². The second-order valence-corrected chi connectivity index (χ2v) is 14.4. The number of rotatable bonds is 5. The zero-order valence-electron chi connectivity index (χ0n) is 30.5. The lowest BCUT2D eigenvalue weighted by molar-refractivity contribution is 1.44.